The molecule has 106 valence electrons. The minimum absolute atomic E-state index is 0.184. The fourth-order valence-corrected chi connectivity index (χ4v) is 1.78. The van der Waals surface area contributed by atoms with Crippen LogP contribution in [-0.2, 0) is 19.1 Å². The van der Waals surface area contributed by atoms with Crippen molar-refractivity contribution in [1.29, 1.82) is 0 Å². The second kappa shape index (κ2) is 6.14. The number of esters is 2. The third kappa shape index (κ3) is 2.76. The van der Waals surface area contributed by atoms with Gasteiger partial charge in [0, 0.05) is 12.3 Å². The molecule has 0 bridgehead atoms. The van der Waals surface area contributed by atoms with Gasteiger partial charge in [0.15, 0.2) is 11.6 Å². The summed E-state index contributed by atoms with van der Waals surface area (Å²) >= 11 is 0. The van der Waals surface area contributed by atoms with Crippen molar-refractivity contribution in [3.8, 4) is 0 Å². The van der Waals surface area contributed by atoms with Gasteiger partial charge in [0.2, 0.25) is 0 Å². The summed E-state index contributed by atoms with van der Waals surface area (Å²) in [4.78, 5) is 28.1. The lowest BCUT2D eigenvalue weighted by molar-refractivity contribution is -0.157. The summed E-state index contributed by atoms with van der Waals surface area (Å²) in [6.45, 7) is 3.72. The first-order valence-corrected chi connectivity index (χ1v) is 6.31. The van der Waals surface area contributed by atoms with E-state index in [4.69, 9.17) is 9.47 Å². The molecule has 0 aliphatic heterocycles. The maximum Gasteiger partial charge on any atom is 0.326 e. The minimum Gasteiger partial charge on any atom is -0.465 e. The van der Waals surface area contributed by atoms with Crippen molar-refractivity contribution in [2.24, 2.45) is 0 Å². The second-order valence-corrected chi connectivity index (χ2v) is 3.92. The van der Waals surface area contributed by atoms with Gasteiger partial charge in [-0.05, 0) is 19.9 Å². The van der Waals surface area contributed by atoms with Gasteiger partial charge in [0.1, 0.15) is 0 Å². The number of carbonyl (C=O) groups excluding carboxylic acids is 2. The van der Waals surface area contributed by atoms with Crippen LogP contribution in [0.25, 0.3) is 5.65 Å². The predicted octanol–water partition coefficient (Wildman–Crippen LogP) is 0.939. The molecule has 2 aromatic heterocycles. The van der Waals surface area contributed by atoms with E-state index in [0.717, 1.165) is 0 Å². The van der Waals surface area contributed by atoms with Crippen molar-refractivity contribution in [2.45, 2.75) is 19.8 Å². The first-order chi connectivity index (χ1) is 9.67. The van der Waals surface area contributed by atoms with Gasteiger partial charge in [-0.25, -0.2) is 9.50 Å². The number of carbonyl (C=O) groups is 2. The molecular formula is C13H15N3O4. The molecule has 7 heteroatoms. The summed E-state index contributed by atoms with van der Waals surface area (Å²) in [5, 5.41) is 4.00. The van der Waals surface area contributed by atoms with E-state index in [-0.39, 0.29) is 18.9 Å². The number of ether oxygens (including phenoxy) is 2. The molecule has 2 aromatic rings. The van der Waals surface area contributed by atoms with Crippen LogP contribution in [0.2, 0.25) is 0 Å². The lowest BCUT2D eigenvalue weighted by Crippen LogP contribution is -2.27. The van der Waals surface area contributed by atoms with Gasteiger partial charge in [0.25, 0.3) is 0 Å². The number of aromatic nitrogens is 3. The number of rotatable bonds is 5. The Morgan fingerprint density at radius 2 is 1.85 bits per heavy atom. The Bertz CT molecular complexity index is 605. The van der Waals surface area contributed by atoms with E-state index in [1.165, 1.54) is 4.52 Å². The Morgan fingerprint density at radius 1 is 1.20 bits per heavy atom. The van der Waals surface area contributed by atoms with Gasteiger partial charge < -0.3 is 9.47 Å². The Kier molecular flexibility index (Phi) is 4.29. The zero-order valence-electron chi connectivity index (χ0n) is 11.3. The first kappa shape index (κ1) is 14.0. The highest BCUT2D eigenvalue weighted by Gasteiger charge is 2.33. The summed E-state index contributed by atoms with van der Waals surface area (Å²) in [5.41, 5.74) is 0.830. The Hall–Kier alpha value is -2.44. The molecule has 0 saturated heterocycles. The molecule has 0 aliphatic rings. The highest BCUT2D eigenvalue weighted by atomic mass is 16.6. The maximum absolute atomic E-state index is 11.9. The molecule has 0 N–H and O–H groups in total. The fourth-order valence-electron chi connectivity index (χ4n) is 1.78. The van der Waals surface area contributed by atoms with Gasteiger partial charge in [0.05, 0.1) is 25.1 Å². The molecular weight excluding hydrogens is 262 g/mol. The van der Waals surface area contributed by atoms with E-state index >= 15 is 0 Å². The van der Waals surface area contributed by atoms with E-state index in [0.29, 0.717) is 5.65 Å². The van der Waals surface area contributed by atoms with Gasteiger partial charge in [-0.3, -0.25) is 9.59 Å². The normalized spacial score (nSPS) is 10.8. The molecule has 0 aromatic carbocycles. The molecule has 0 spiro atoms. The van der Waals surface area contributed by atoms with E-state index in [9.17, 15) is 9.59 Å². The Morgan fingerprint density at radius 3 is 2.45 bits per heavy atom. The molecule has 0 unspecified atom stereocenters. The van der Waals surface area contributed by atoms with Crippen LogP contribution in [0.4, 0.5) is 0 Å². The summed E-state index contributed by atoms with van der Waals surface area (Å²) in [6.07, 6.45) is 3.21. The van der Waals surface area contributed by atoms with Crippen molar-refractivity contribution in [2.75, 3.05) is 13.2 Å². The second-order valence-electron chi connectivity index (χ2n) is 3.92. The zero-order chi connectivity index (χ0) is 14.5. The highest BCUT2D eigenvalue weighted by Crippen LogP contribution is 2.18. The van der Waals surface area contributed by atoms with Crippen molar-refractivity contribution in [3.05, 3.63) is 30.2 Å². The van der Waals surface area contributed by atoms with Gasteiger partial charge in [-0.2, -0.15) is 5.10 Å². The fraction of sp³-hybridized carbons (Fsp3) is 0.385. The van der Waals surface area contributed by atoms with Crippen LogP contribution in [0.5, 0.6) is 0 Å². The highest BCUT2D eigenvalue weighted by molar-refractivity contribution is 6.00. The summed E-state index contributed by atoms with van der Waals surface area (Å²) in [6, 6.07) is 3.23. The van der Waals surface area contributed by atoms with Crippen LogP contribution in [0.15, 0.2) is 24.5 Å². The number of nitrogens with zero attached hydrogens (tertiary/aromatic N) is 3. The quantitative estimate of drug-likeness (QED) is 0.597. The average molecular weight is 277 g/mol. The first-order valence-electron chi connectivity index (χ1n) is 6.31. The molecule has 0 saturated carbocycles. The van der Waals surface area contributed by atoms with E-state index in [1.54, 1.807) is 38.4 Å². The largest absolute Gasteiger partial charge is 0.465 e. The Balaban J connectivity index is 2.37. The van der Waals surface area contributed by atoms with Crippen molar-refractivity contribution in [3.63, 3.8) is 0 Å². The summed E-state index contributed by atoms with van der Waals surface area (Å²) in [5.74, 6) is -2.50. The monoisotopic (exact) mass is 277 g/mol. The summed E-state index contributed by atoms with van der Waals surface area (Å²) < 4.78 is 11.4. The molecule has 0 fully saturated rings. The predicted molar refractivity (Wildman–Crippen MR) is 69.0 cm³/mol. The standard InChI is InChI=1S/C13H15N3O4/c1-3-19-12(17)11(13(18)20-4-2)9-6-8-16-10(15-9)5-7-14-16/h5-8,11H,3-4H2,1-2H3. The van der Waals surface area contributed by atoms with Gasteiger partial charge in [-0.1, -0.05) is 0 Å². The molecule has 0 radical (unpaired) electrons. The van der Waals surface area contributed by atoms with Gasteiger partial charge in [-0.15, -0.1) is 0 Å². The SMILES string of the molecule is CCOC(=O)C(C(=O)OCC)c1ccn2nccc2n1. The molecule has 20 heavy (non-hydrogen) atoms. The molecule has 2 heterocycles. The third-order valence-electron chi connectivity index (χ3n) is 2.62. The van der Waals surface area contributed by atoms with Gasteiger partial charge >= 0.3 is 11.9 Å². The van der Waals surface area contributed by atoms with E-state index in [1.807, 2.05) is 0 Å². The molecule has 0 aliphatic carbocycles. The minimum atomic E-state index is -1.17. The van der Waals surface area contributed by atoms with Crippen molar-refractivity contribution >= 4 is 17.6 Å². The van der Waals surface area contributed by atoms with Crippen LogP contribution in [0.3, 0.4) is 0 Å². The van der Waals surface area contributed by atoms with Crippen LogP contribution in [0.1, 0.15) is 25.5 Å². The molecule has 0 amide bonds. The average Bonchev–Trinajstić information content (AvgIpc) is 2.87. The number of hydrogen-bond acceptors (Lipinski definition) is 6. The zero-order valence-corrected chi connectivity index (χ0v) is 11.3. The summed E-state index contributed by atoms with van der Waals surface area (Å²) in [7, 11) is 0. The van der Waals surface area contributed by atoms with Crippen molar-refractivity contribution in [1.82, 2.24) is 14.6 Å². The Labute approximate surface area is 115 Å². The topological polar surface area (TPSA) is 82.8 Å². The van der Waals surface area contributed by atoms with Crippen molar-refractivity contribution < 1.29 is 19.1 Å². The van der Waals surface area contributed by atoms with Crippen LogP contribution >= 0.6 is 0 Å². The lowest BCUT2D eigenvalue weighted by atomic mass is 10.1. The number of fused-ring (bicyclic) bond motifs is 1. The van der Waals surface area contributed by atoms with Crippen LogP contribution < -0.4 is 0 Å². The molecule has 7 nitrogen and oxygen atoms in total. The molecule has 0 atom stereocenters. The third-order valence-corrected chi connectivity index (χ3v) is 2.62. The van der Waals surface area contributed by atoms with Crippen LogP contribution in [0, 0.1) is 0 Å². The van der Waals surface area contributed by atoms with Crippen LogP contribution in [-0.4, -0.2) is 39.8 Å². The smallest absolute Gasteiger partial charge is 0.326 e. The van der Waals surface area contributed by atoms with E-state index in [2.05, 4.69) is 10.1 Å². The lowest BCUT2D eigenvalue weighted by Gasteiger charge is -2.13. The maximum atomic E-state index is 11.9. The molecule has 2 rings (SSSR count). The number of hydrogen-bond donors (Lipinski definition) is 0. The van der Waals surface area contributed by atoms with E-state index < -0.39 is 17.9 Å².